The first-order valence-corrected chi connectivity index (χ1v) is 7.19. The molecule has 3 rings (SSSR count). The van der Waals surface area contributed by atoms with Crippen LogP contribution in [0.15, 0.2) is 53.9 Å². The smallest absolute Gasteiger partial charge is 0.205 e. The van der Waals surface area contributed by atoms with E-state index in [-0.39, 0.29) is 17.6 Å². The highest BCUT2D eigenvalue weighted by Gasteiger charge is 2.30. The molecule has 1 unspecified atom stereocenters. The summed E-state index contributed by atoms with van der Waals surface area (Å²) in [5, 5.41) is 19.1. The first-order chi connectivity index (χ1) is 11.0. The minimum Gasteiger partial charge on any atom is -0.508 e. The second-order valence-electron chi connectivity index (χ2n) is 5.63. The Kier molecular flexibility index (Phi) is 3.59. The third-order valence-electron chi connectivity index (χ3n) is 3.95. The summed E-state index contributed by atoms with van der Waals surface area (Å²) >= 11 is 0. The molecule has 2 aromatic rings. The Hall–Kier alpha value is -3.13. The van der Waals surface area contributed by atoms with Crippen LogP contribution in [0.1, 0.15) is 17.0 Å². The van der Waals surface area contributed by atoms with Crippen molar-refractivity contribution in [2.45, 2.75) is 5.92 Å². The predicted octanol–water partition coefficient (Wildman–Crippen LogP) is 2.68. The van der Waals surface area contributed by atoms with Crippen molar-refractivity contribution in [2.24, 2.45) is 5.73 Å². The van der Waals surface area contributed by atoms with E-state index in [0.717, 1.165) is 16.8 Å². The van der Waals surface area contributed by atoms with Gasteiger partial charge < -0.3 is 20.5 Å². The molecule has 0 saturated carbocycles. The van der Waals surface area contributed by atoms with Crippen molar-refractivity contribution < 1.29 is 9.84 Å². The van der Waals surface area contributed by atoms with Crippen LogP contribution in [0.4, 0.5) is 5.69 Å². The standard InChI is InChI=1S/C18H17N3O2/c1-21(2)12-5-3-11(4-6-12)17-14-8-7-13(22)9-16(14)23-18(20)15(17)10-19/h3-9,17,22H,20H2,1-2H3. The molecule has 116 valence electrons. The number of rotatable bonds is 2. The Morgan fingerprint density at radius 3 is 2.48 bits per heavy atom. The molecule has 1 aliphatic rings. The van der Waals surface area contributed by atoms with Crippen molar-refractivity contribution in [3.05, 3.63) is 65.0 Å². The van der Waals surface area contributed by atoms with Crippen LogP contribution in [-0.2, 0) is 0 Å². The molecule has 0 aromatic heterocycles. The van der Waals surface area contributed by atoms with Crippen LogP contribution < -0.4 is 15.4 Å². The van der Waals surface area contributed by atoms with Gasteiger partial charge in [0.05, 0.1) is 5.92 Å². The summed E-state index contributed by atoms with van der Waals surface area (Å²) in [6, 6.07) is 15.0. The minimum atomic E-state index is -0.305. The number of fused-ring (bicyclic) bond motifs is 1. The van der Waals surface area contributed by atoms with E-state index in [2.05, 4.69) is 6.07 Å². The number of nitrogens with zero attached hydrogens (tertiary/aromatic N) is 2. The van der Waals surface area contributed by atoms with Crippen LogP contribution in [0.5, 0.6) is 11.5 Å². The number of nitrogens with two attached hydrogens (primary N) is 1. The second kappa shape index (κ2) is 5.58. The number of allylic oxidation sites excluding steroid dienone is 1. The summed E-state index contributed by atoms with van der Waals surface area (Å²) in [6.07, 6.45) is 0. The van der Waals surface area contributed by atoms with Crippen molar-refractivity contribution in [1.29, 1.82) is 5.26 Å². The molecule has 5 nitrogen and oxygen atoms in total. The van der Waals surface area contributed by atoms with Crippen LogP contribution in [0.3, 0.4) is 0 Å². The minimum absolute atomic E-state index is 0.0762. The van der Waals surface area contributed by atoms with Gasteiger partial charge in [-0.05, 0) is 23.8 Å². The largest absolute Gasteiger partial charge is 0.508 e. The third-order valence-corrected chi connectivity index (χ3v) is 3.95. The first kappa shape index (κ1) is 14.8. The van der Waals surface area contributed by atoms with Crippen LogP contribution >= 0.6 is 0 Å². The molecule has 5 heteroatoms. The van der Waals surface area contributed by atoms with Gasteiger partial charge in [-0.3, -0.25) is 0 Å². The zero-order valence-electron chi connectivity index (χ0n) is 12.9. The highest BCUT2D eigenvalue weighted by Crippen LogP contribution is 2.43. The first-order valence-electron chi connectivity index (χ1n) is 7.19. The fourth-order valence-electron chi connectivity index (χ4n) is 2.75. The average molecular weight is 307 g/mol. The van der Waals surface area contributed by atoms with Crippen molar-refractivity contribution in [1.82, 2.24) is 0 Å². The SMILES string of the molecule is CN(C)c1ccc(C2C(C#N)=C(N)Oc3cc(O)ccc32)cc1. The number of nitriles is 1. The lowest BCUT2D eigenvalue weighted by Gasteiger charge is -2.26. The van der Waals surface area contributed by atoms with Gasteiger partial charge in [0.1, 0.15) is 23.1 Å². The highest BCUT2D eigenvalue weighted by molar-refractivity contribution is 5.58. The average Bonchev–Trinajstić information content (AvgIpc) is 2.53. The van der Waals surface area contributed by atoms with E-state index in [4.69, 9.17) is 10.5 Å². The molecule has 0 saturated heterocycles. The Bertz CT molecular complexity index is 817. The van der Waals surface area contributed by atoms with Crippen LogP contribution in [0.2, 0.25) is 0 Å². The number of phenols is 1. The predicted molar refractivity (Wildman–Crippen MR) is 88.2 cm³/mol. The van der Waals surface area contributed by atoms with Crippen LogP contribution in [0.25, 0.3) is 0 Å². The van der Waals surface area contributed by atoms with E-state index in [0.29, 0.717) is 11.3 Å². The monoisotopic (exact) mass is 307 g/mol. The molecule has 0 spiro atoms. The Morgan fingerprint density at radius 2 is 1.87 bits per heavy atom. The maximum Gasteiger partial charge on any atom is 0.205 e. The molecular formula is C18H17N3O2. The summed E-state index contributed by atoms with van der Waals surface area (Å²) in [7, 11) is 3.94. The van der Waals surface area contributed by atoms with E-state index in [1.54, 1.807) is 12.1 Å². The second-order valence-corrected chi connectivity index (χ2v) is 5.63. The number of hydrogen-bond acceptors (Lipinski definition) is 5. The molecule has 1 atom stereocenters. The van der Waals surface area contributed by atoms with Crippen LogP contribution in [0, 0.1) is 11.3 Å². The van der Waals surface area contributed by atoms with Crippen molar-refractivity contribution in [3.8, 4) is 17.6 Å². The van der Waals surface area contributed by atoms with Gasteiger partial charge in [-0.1, -0.05) is 18.2 Å². The van der Waals surface area contributed by atoms with Gasteiger partial charge in [-0.25, -0.2) is 0 Å². The molecule has 0 fully saturated rings. The van der Waals surface area contributed by atoms with Gasteiger partial charge in [0, 0.05) is 31.4 Å². The quantitative estimate of drug-likeness (QED) is 0.891. The summed E-state index contributed by atoms with van der Waals surface area (Å²) in [5.74, 6) is 0.342. The molecule has 0 aliphatic carbocycles. The number of benzene rings is 2. The van der Waals surface area contributed by atoms with Gasteiger partial charge in [-0.2, -0.15) is 5.26 Å². The summed E-state index contributed by atoms with van der Waals surface area (Å²) in [4.78, 5) is 2.01. The highest BCUT2D eigenvalue weighted by atomic mass is 16.5. The third kappa shape index (κ3) is 2.55. The summed E-state index contributed by atoms with van der Waals surface area (Å²) < 4.78 is 5.50. The Balaban J connectivity index is 2.14. The molecule has 1 heterocycles. The molecule has 0 amide bonds. The number of phenolic OH excluding ortho intramolecular Hbond substituents is 1. The zero-order valence-corrected chi connectivity index (χ0v) is 12.9. The summed E-state index contributed by atoms with van der Waals surface area (Å²) in [5.41, 5.74) is 9.11. The fraction of sp³-hybridized carbons (Fsp3) is 0.167. The van der Waals surface area contributed by atoms with E-state index in [1.807, 2.05) is 43.3 Å². The van der Waals surface area contributed by atoms with E-state index >= 15 is 0 Å². The molecule has 0 radical (unpaired) electrons. The lowest BCUT2D eigenvalue weighted by Crippen LogP contribution is -2.21. The normalized spacial score (nSPS) is 16.3. The van der Waals surface area contributed by atoms with Gasteiger partial charge in [-0.15, -0.1) is 0 Å². The molecule has 1 aliphatic heterocycles. The molecule has 2 aromatic carbocycles. The number of ether oxygens (including phenoxy) is 1. The van der Waals surface area contributed by atoms with Gasteiger partial charge >= 0.3 is 0 Å². The number of aromatic hydroxyl groups is 1. The summed E-state index contributed by atoms with van der Waals surface area (Å²) in [6.45, 7) is 0. The van der Waals surface area contributed by atoms with Crippen molar-refractivity contribution in [2.75, 3.05) is 19.0 Å². The Labute approximate surface area is 134 Å². The zero-order chi connectivity index (χ0) is 16.6. The van der Waals surface area contributed by atoms with E-state index < -0.39 is 0 Å². The molecular weight excluding hydrogens is 290 g/mol. The van der Waals surface area contributed by atoms with E-state index in [1.165, 1.54) is 6.07 Å². The van der Waals surface area contributed by atoms with E-state index in [9.17, 15) is 10.4 Å². The van der Waals surface area contributed by atoms with Crippen molar-refractivity contribution in [3.63, 3.8) is 0 Å². The molecule has 23 heavy (non-hydrogen) atoms. The maximum absolute atomic E-state index is 9.64. The maximum atomic E-state index is 9.64. The van der Waals surface area contributed by atoms with Crippen molar-refractivity contribution >= 4 is 5.69 Å². The van der Waals surface area contributed by atoms with Gasteiger partial charge in [0.2, 0.25) is 5.88 Å². The number of hydrogen-bond donors (Lipinski definition) is 2. The Morgan fingerprint density at radius 1 is 1.17 bits per heavy atom. The van der Waals surface area contributed by atoms with Crippen LogP contribution in [-0.4, -0.2) is 19.2 Å². The lowest BCUT2D eigenvalue weighted by molar-refractivity contribution is 0.388. The molecule has 3 N–H and O–H groups in total. The number of anilines is 1. The van der Waals surface area contributed by atoms with Gasteiger partial charge in [0.15, 0.2) is 0 Å². The van der Waals surface area contributed by atoms with Gasteiger partial charge in [0.25, 0.3) is 0 Å². The lowest BCUT2D eigenvalue weighted by atomic mass is 9.83. The molecule has 0 bridgehead atoms. The fourth-order valence-corrected chi connectivity index (χ4v) is 2.75. The topological polar surface area (TPSA) is 82.5 Å².